The molecule has 7 nitrogen and oxygen atoms in total. The molecule has 1 fully saturated rings. The van der Waals surface area contributed by atoms with Crippen molar-refractivity contribution in [3.63, 3.8) is 0 Å². The smallest absolute Gasteiger partial charge is 0.387 e. The average Bonchev–Trinajstić information content (AvgIpc) is 3.24. The first-order chi connectivity index (χ1) is 16.4. The Morgan fingerprint density at radius 3 is 2.62 bits per heavy atom. The molecule has 1 atom stereocenters. The van der Waals surface area contributed by atoms with Crippen molar-refractivity contribution in [1.82, 2.24) is 19.9 Å². The number of carbonyl (C=O) groups excluding carboxylic acids is 1. The first-order valence-corrected chi connectivity index (χ1v) is 12.3. The molecule has 1 N–H and O–H groups in total. The lowest BCUT2D eigenvalue weighted by Gasteiger charge is -2.29. The number of aliphatic hydroxyl groups is 1. The summed E-state index contributed by atoms with van der Waals surface area (Å²) < 4.78 is 29.7. The highest BCUT2D eigenvalue weighted by Gasteiger charge is 2.22. The highest BCUT2D eigenvalue weighted by atomic mass is 32.1. The fourth-order valence-electron chi connectivity index (χ4n) is 3.99. The number of hydrogen-bond donors (Lipinski definition) is 1. The number of aliphatic hydroxyl groups excluding tert-OH is 1. The second-order valence-electron chi connectivity index (χ2n) is 8.71. The third-order valence-electron chi connectivity index (χ3n) is 6.05. The summed E-state index contributed by atoms with van der Waals surface area (Å²) in [6.45, 7) is 0.452. The summed E-state index contributed by atoms with van der Waals surface area (Å²) in [6, 6.07) is 5.66. The van der Waals surface area contributed by atoms with E-state index in [9.17, 15) is 18.7 Å². The van der Waals surface area contributed by atoms with Crippen LogP contribution in [-0.2, 0) is 12.8 Å². The Morgan fingerprint density at radius 1 is 1.21 bits per heavy atom. The van der Waals surface area contributed by atoms with Gasteiger partial charge in [0.2, 0.25) is 0 Å². The molecule has 4 rings (SSSR count). The molecule has 0 saturated carbocycles. The molecule has 182 valence electrons. The predicted molar refractivity (Wildman–Crippen MR) is 125 cm³/mol. The largest absolute Gasteiger partial charge is 0.432 e. The first kappa shape index (κ1) is 24.4. The normalized spacial score (nSPS) is 15.7. The lowest BCUT2D eigenvalue weighted by molar-refractivity contribution is -0.0503. The number of aryl methyl sites for hydroxylation is 2. The van der Waals surface area contributed by atoms with E-state index in [4.69, 9.17) is 4.98 Å². The van der Waals surface area contributed by atoms with Gasteiger partial charge in [0.25, 0.3) is 5.91 Å². The van der Waals surface area contributed by atoms with Gasteiger partial charge in [0.1, 0.15) is 5.82 Å². The molecule has 1 unspecified atom stereocenters. The molecule has 0 aliphatic carbocycles. The van der Waals surface area contributed by atoms with Gasteiger partial charge in [-0.2, -0.15) is 8.78 Å². The summed E-state index contributed by atoms with van der Waals surface area (Å²) in [6.07, 6.45) is 6.82. The second kappa shape index (κ2) is 11.1. The molecule has 1 aliphatic rings. The van der Waals surface area contributed by atoms with Gasteiger partial charge in [-0.05, 0) is 56.2 Å². The van der Waals surface area contributed by atoms with Crippen LogP contribution in [0.4, 0.5) is 8.78 Å². The maximum Gasteiger partial charge on any atom is 0.387 e. The molecule has 0 bridgehead atoms. The van der Waals surface area contributed by atoms with Crippen molar-refractivity contribution < 1.29 is 23.4 Å². The van der Waals surface area contributed by atoms with Gasteiger partial charge in [0, 0.05) is 25.1 Å². The lowest BCUT2D eigenvalue weighted by atomic mass is 10.00. The molecule has 34 heavy (non-hydrogen) atoms. The van der Waals surface area contributed by atoms with Crippen molar-refractivity contribution in [3.05, 3.63) is 47.0 Å². The molecule has 1 aromatic carbocycles. The fourth-order valence-corrected chi connectivity index (χ4v) is 5.01. The Hall–Kier alpha value is -2.72. The number of hydrogen-bond acceptors (Lipinski definition) is 7. The van der Waals surface area contributed by atoms with Crippen LogP contribution < -0.4 is 4.74 Å². The molecular formula is C24H28F2N4O3S. The van der Waals surface area contributed by atoms with Crippen molar-refractivity contribution in [1.29, 1.82) is 0 Å². The molecule has 0 spiro atoms. The predicted octanol–water partition coefficient (Wildman–Crippen LogP) is 4.49. The molecule has 1 saturated heterocycles. The molecule has 3 heterocycles. The molecule has 1 aliphatic heterocycles. The van der Waals surface area contributed by atoms with Crippen LogP contribution in [0.25, 0.3) is 10.2 Å². The molecular weight excluding hydrogens is 462 g/mol. The summed E-state index contributed by atoms with van der Waals surface area (Å²) in [5.41, 5.74) is 1.57. The number of fused-ring (bicyclic) bond motifs is 1. The van der Waals surface area contributed by atoms with Crippen molar-refractivity contribution >= 4 is 27.5 Å². The number of nitrogens with zero attached hydrogens (tertiary/aromatic N) is 4. The lowest BCUT2D eigenvalue weighted by Crippen LogP contribution is -2.40. The number of aromatic nitrogens is 3. The van der Waals surface area contributed by atoms with Gasteiger partial charge in [-0.3, -0.25) is 4.79 Å². The van der Waals surface area contributed by atoms with Crippen LogP contribution in [0.1, 0.15) is 53.8 Å². The zero-order chi connectivity index (χ0) is 24.1. The van der Waals surface area contributed by atoms with Gasteiger partial charge >= 0.3 is 6.61 Å². The number of ether oxygens (including phenoxy) is 1. The minimum Gasteiger partial charge on any atom is -0.432 e. The fraction of sp³-hybridized carbons (Fsp3) is 0.500. The second-order valence-corrected chi connectivity index (χ2v) is 9.82. The van der Waals surface area contributed by atoms with Crippen molar-refractivity contribution in [2.75, 3.05) is 13.1 Å². The number of carbonyl (C=O) groups is 1. The monoisotopic (exact) mass is 490 g/mol. The van der Waals surface area contributed by atoms with Crippen LogP contribution in [0.5, 0.6) is 5.75 Å². The zero-order valence-corrected chi connectivity index (χ0v) is 19.8. The number of piperidine rings is 1. The van der Waals surface area contributed by atoms with Crippen LogP contribution in [0.2, 0.25) is 0 Å². The molecule has 0 radical (unpaired) electrons. The Morgan fingerprint density at radius 2 is 1.91 bits per heavy atom. The Balaban J connectivity index is 1.28. The van der Waals surface area contributed by atoms with E-state index in [1.807, 2.05) is 18.2 Å². The van der Waals surface area contributed by atoms with Gasteiger partial charge in [-0.25, -0.2) is 15.0 Å². The highest BCUT2D eigenvalue weighted by molar-refractivity contribution is 7.18. The van der Waals surface area contributed by atoms with E-state index in [1.54, 1.807) is 16.2 Å². The number of amides is 1. The maximum atomic E-state index is 12.8. The summed E-state index contributed by atoms with van der Waals surface area (Å²) in [4.78, 5) is 27.5. The summed E-state index contributed by atoms with van der Waals surface area (Å²) in [7, 11) is 0. The standard InChI is InChI=1S/C24H28F2N4O3S/c1-15(2-6-21-27-13-18(14-28-21)33-24(25)26)3-7-22-29-19-5-4-16(12-20(19)34-22)23(32)30-10-8-17(31)9-11-30/h4-5,12-15,17,24,31H,2-3,6-11H2,1H3. The number of rotatable bonds is 9. The molecule has 10 heteroatoms. The number of benzene rings is 1. The van der Waals surface area contributed by atoms with E-state index in [-0.39, 0.29) is 17.8 Å². The quantitative estimate of drug-likeness (QED) is 0.476. The summed E-state index contributed by atoms with van der Waals surface area (Å²) >= 11 is 1.62. The van der Waals surface area contributed by atoms with Crippen LogP contribution in [0, 0.1) is 5.92 Å². The molecule has 1 amide bonds. The van der Waals surface area contributed by atoms with Crippen molar-refractivity contribution in [3.8, 4) is 5.75 Å². The van der Waals surface area contributed by atoms with E-state index >= 15 is 0 Å². The Kier molecular flexibility index (Phi) is 7.99. The first-order valence-electron chi connectivity index (χ1n) is 11.5. The number of halogens is 2. The van der Waals surface area contributed by atoms with Crippen LogP contribution >= 0.6 is 11.3 Å². The zero-order valence-electron chi connectivity index (χ0n) is 19.0. The van der Waals surface area contributed by atoms with Gasteiger partial charge < -0.3 is 14.7 Å². The van der Waals surface area contributed by atoms with Crippen LogP contribution in [-0.4, -0.2) is 56.7 Å². The SMILES string of the molecule is CC(CCc1ncc(OC(F)F)cn1)CCc1nc2ccc(C(=O)N3CCC(O)CC3)cc2s1. The number of alkyl halides is 2. The van der Waals surface area contributed by atoms with Gasteiger partial charge in [0.15, 0.2) is 5.75 Å². The van der Waals surface area contributed by atoms with Crippen molar-refractivity contribution in [2.45, 2.75) is 58.2 Å². The van der Waals surface area contributed by atoms with Gasteiger partial charge in [-0.1, -0.05) is 6.92 Å². The minimum atomic E-state index is -2.88. The average molecular weight is 491 g/mol. The van der Waals surface area contributed by atoms with E-state index in [0.29, 0.717) is 49.7 Å². The molecule has 3 aromatic rings. The minimum absolute atomic E-state index is 0.00777. The van der Waals surface area contributed by atoms with Crippen LogP contribution in [0.3, 0.4) is 0 Å². The van der Waals surface area contributed by atoms with E-state index in [2.05, 4.69) is 21.6 Å². The van der Waals surface area contributed by atoms with E-state index in [1.165, 1.54) is 12.4 Å². The molecule has 2 aromatic heterocycles. The van der Waals surface area contributed by atoms with Crippen LogP contribution in [0.15, 0.2) is 30.6 Å². The topological polar surface area (TPSA) is 88.4 Å². The van der Waals surface area contributed by atoms with E-state index in [0.717, 1.165) is 34.5 Å². The van der Waals surface area contributed by atoms with E-state index < -0.39 is 6.61 Å². The Labute approximate surface area is 200 Å². The number of likely N-dealkylation sites (tertiary alicyclic amines) is 1. The summed E-state index contributed by atoms with van der Waals surface area (Å²) in [5, 5.41) is 10.7. The summed E-state index contributed by atoms with van der Waals surface area (Å²) in [5.74, 6) is 0.990. The number of thiazole rings is 1. The maximum absolute atomic E-state index is 12.8. The van der Waals surface area contributed by atoms with Gasteiger partial charge in [-0.15, -0.1) is 11.3 Å². The Bertz CT molecular complexity index is 1100. The van der Waals surface area contributed by atoms with Gasteiger partial charge in [0.05, 0.1) is 33.7 Å². The third-order valence-corrected chi connectivity index (χ3v) is 7.13. The highest BCUT2D eigenvalue weighted by Crippen LogP contribution is 2.26. The van der Waals surface area contributed by atoms with Crippen molar-refractivity contribution in [2.24, 2.45) is 5.92 Å². The third kappa shape index (κ3) is 6.44.